The first-order chi connectivity index (χ1) is 26.5. The summed E-state index contributed by atoms with van der Waals surface area (Å²) < 4.78 is 0. The second-order valence-corrected chi connectivity index (χ2v) is 13.2. The van der Waals surface area contributed by atoms with Crippen molar-refractivity contribution in [3.05, 3.63) is 228 Å². The fourth-order valence-corrected chi connectivity index (χ4v) is 8.17. The second kappa shape index (κ2) is 16.6. The van der Waals surface area contributed by atoms with E-state index >= 15 is 0 Å². The van der Waals surface area contributed by atoms with Crippen LogP contribution in [-0.2, 0) is 5.41 Å². The molecule has 0 atom stereocenters. The van der Waals surface area contributed by atoms with Crippen molar-refractivity contribution in [2.45, 2.75) is 40.0 Å². The maximum absolute atomic E-state index is 4.45. The molecule has 0 bridgehead atoms. The van der Waals surface area contributed by atoms with Gasteiger partial charge in [0.15, 0.2) is 0 Å². The summed E-state index contributed by atoms with van der Waals surface area (Å²) in [5.74, 6) is 0. The van der Waals surface area contributed by atoms with Crippen LogP contribution in [0.5, 0.6) is 0 Å². The Balaban J connectivity index is 0.00000245. The van der Waals surface area contributed by atoms with E-state index in [0.29, 0.717) is 0 Å². The molecule has 0 aliphatic heterocycles. The van der Waals surface area contributed by atoms with Crippen molar-refractivity contribution in [1.29, 1.82) is 0 Å². The molecule has 0 saturated carbocycles. The summed E-state index contributed by atoms with van der Waals surface area (Å²) in [4.78, 5) is 0. The second-order valence-electron chi connectivity index (χ2n) is 13.2. The van der Waals surface area contributed by atoms with Crippen LogP contribution in [-0.4, -0.2) is 0 Å². The van der Waals surface area contributed by atoms with Gasteiger partial charge in [0, 0.05) is 0 Å². The van der Waals surface area contributed by atoms with Crippen molar-refractivity contribution in [1.82, 2.24) is 0 Å². The third-order valence-electron chi connectivity index (χ3n) is 10.6. The molecule has 1 aliphatic carbocycles. The van der Waals surface area contributed by atoms with Crippen LogP contribution < -0.4 is 0 Å². The summed E-state index contributed by atoms with van der Waals surface area (Å²) in [6.45, 7) is 22.7. The average Bonchev–Trinajstić information content (AvgIpc) is 3.53. The number of hydrogen-bond donors (Lipinski definition) is 0. The van der Waals surface area contributed by atoms with Gasteiger partial charge in [-0.1, -0.05) is 197 Å². The van der Waals surface area contributed by atoms with E-state index in [2.05, 4.69) is 204 Å². The van der Waals surface area contributed by atoms with Crippen LogP contribution >= 0.6 is 0 Å². The highest BCUT2D eigenvalue weighted by molar-refractivity contribution is 5.98. The van der Waals surface area contributed by atoms with E-state index in [-0.39, 0.29) is 0 Å². The maximum atomic E-state index is 4.45. The molecule has 6 aromatic rings. The molecule has 54 heavy (non-hydrogen) atoms. The number of allylic oxidation sites excluding steroid dienone is 7. The summed E-state index contributed by atoms with van der Waals surface area (Å²) in [7, 11) is 0. The predicted octanol–water partition coefficient (Wildman–Crippen LogP) is 15.3. The third-order valence-corrected chi connectivity index (χ3v) is 10.6. The SMILES string of the molecule is C=C/C(=C\C)c1ccc(-c2ccc3c(c2)C(c2ccccc2)(c2ccccc2)c2cc(-c4ccc(/C(C=C)=C/C)cc4)c(/C=C\C)c(C=C)c2-3)cc1.CC. The van der Waals surface area contributed by atoms with E-state index in [1.807, 2.05) is 26.0 Å². The Bertz CT molecular complexity index is 2340. The number of benzene rings is 6. The van der Waals surface area contributed by atoms with Crippen LogP contribution in [0.25, 0.3) is 56.7 Å². The first kappa shape index (κ1) is 37.5. The number of fused-ring (bicyclic) bond motifs is 3. The Kier molecular flexibility index (Phi) is 11.5. The van der Waals surface area contributed by atoms with Gasteiger partial charge in [-0.3, -0.25) is 0 Å². The first-order valence-electron chi connectivity index (χ1n) is 19.1. The molecule has 0 radical (unpaired) electrons. The molecule has 6 aromatic carbocycles. The molecule has 0 spiro atoms. The predicted molar refractivity (Wildman–Crippen MR) is 238 cm³/mol. The highest BCUT2D eigenvalue weighted by atomic mass is 14.5. The molecule has 0 heteroatoms. The average molecular weight is 699 g/mol. The highest BCUT2D eigenvalue weighted by Gasteiger charge is 2.47. The van der Waals surface area contributed by atoms with Gasteiger partial charge < -0.3 is 0 Å². The molecule has 0 aromatic heterocycles. The van der Waals surface area contributed by atoms with E-state index in [9.17, 15) is 0 Å². The third kappa shape index (κ3) is 6.39. The van der Waals surface area contributed by atoms with Crippen molar-refractivity contribution < 1.29 is 0 Å². The highest BCUT2D eigenvalue weighted by Crippen LogP contribution is 2.59. The Labute approximate surface area is 323 Å². The van der Waals surface area contributed by atoms with Crippen LogP contribution in [0.2, 0.25) is 0 Å². The standard InChI is InChI=1S/C52H44.C2H6/c1-7-19-46-45(12-6)51-47-33-32-42(40-26-24-38(25-27-40)36(8-2)9-3)34-49(47)52(43-20-15-13-16-21-43,44-22-17-14-18-23-44)50(51)35-48(46)41-30-28-39(29-31-41)37(10-4)11-5;1-2/h7-35H,2,4,6H2,1,3,5H3;1-2H3/b19-7-,36-9+,37-11+;. The number of hydrogen-bond acceptors (Lipinski definition) is 0. The van der Waals surface area contributed by atoms with Crippen LogP contribution in [0.15, 0.2) is 184 Å². The van der Waals surface area contributed by atoms with Crippen LogP contribution in [0.4, 0.5) is 0 Å². The lowest BCUT2D eigenvalue weighted by atomic mass is 9.66. The molecule has 0 fully saturated rings. The molecular weight excluding hydrogens is 649 g/mol. The van der Waals surface area contributed by atoms with Crippen LogP contribution in [0.1, 0.15) is 79.1 Å². The maximum Gasteiger partial charge on any atom is 0.0714 e. The molecule has 0 saturated heterocycles. The minimum absolute atomic E-state index is 0.577. The largest absolute Gasteiger partial charge is 0.0985 e. The minimum Gasteiger partial charge on any atom is -0.0985 e. The monoisotopic (exact) mass is 698 g/mol. The molecule has 1 aliphatic rings. The van der Waals surface area contributed by atoms with Gasteiger partial charge >= 0.3 is 0 Å². The van der Waals surface area contributed by atoms with Crippen molar-refractivity contribution in [2.75, 3.05) is 0 Å². The van der Waals surface area contributed by atoms with Gasteiger partial charge in [0.1, 0.15) is 0 Å². The van der Waals surface area contributed by atoms with Gasteiger partial charge in [-0.15, -0.1) is 0 Å². The van der Waals surface area contributed by atoms with Gasteiger partial charge in [0.05, 0.1) is 5.41 Å². The van der Waals surface area contributed by atoms with Crippen LogP contribution in [0, 0.1) is 0 Å². The lowest BCUT2D eigenvalue weighted by Crippen LogP contribution is -2.28. The van der Waals surface area contributed by atoms with Gasteiger partial charge in [-0.25, -0.2) is 0 Å². The molecule has 0 nitrogen and oxygen atoms in total. The molecule has 0 amide bonds. The fraction of sp³-hybridized carbons (Fsp3) is 0.111. The van der Waals surface area contributed by atoms with Crippen LogP contribution in [0.3, 0.4) is 0 Å². The van der Waals surface area contributed by atoms with Gasteiger partial charge in [-0.2, -0.15) is 0 Å². The van der Waals surface area contributed by atoms with Crippen molar-refractivity contribution in [3.8, 4) is 33.4 Å². The Hall–Kier alpha value is -6.24. The van der Waals surface area contributed by atoms with Gasteiger partial charge in [0.25, 0.3) is 0 Å². The van der Waals surface area contributed by atoms with Crippen molar-refractivity contribution in [2.24, 2.45) is 0 Å². The zero-order chi connectivity index (χ0) is 38.2. The Morgan fingerprint density at radius 3 is 1.46 bits per heavy atom. The minimum atomic E-state index is -0.577. The zero-order valence-corrected chi connectivity index (χ0v) is 32.4. The quantitative estimate of drug-likeness (QED) is 0.125. The van der Waals surface area contributed by atoms with Crippen molar-refractivity contribution >= 4 is 23.3 Å². The van der Waals surface area contributed by atoms with Gasteiger partial charge in [-0.05, 0) is 122 Å². The van der Waals surface area contributed by atoms with E-state index in [4.69, 9.17) is 0 Å². The van der Waals surface area contributed by atoms with E-state index in [1.165, 1.54) is 55.6 Å². The molecular formula is C54H50. The normalized spacial score (nSPS) is 13.1. The summed E-state index contributed by atoms with van der Waals surface area (Å²) in [5.41, 5.74) is 18.5. The van der Waals surface area contributed by atoms with E-state index in [0.717, 1.165) is 33.4 Å². The lowest BCUT2D eigenvalue weighted by molar-refractivity contribution is 0.769. The topological polar surface area (TPSA) is 0 Å². The van der Waals surface area contributed by atoms with Gasteiger partial charge in [0.2, 0.25) is 0 Å². The summed E-state index contributed by atoms with van der Waals surface area (Å²) >= 11 is 0. The summed E-state index contributed by atoms with van der Waals surface area (Å²) in [5, 5.41) is 0. The first-order valence-corrected chi connectivity index (χ1v) is 19.1. The zero-order valence-electron chi connectivity index (χ0n) is 32.4. The smallest absolute Gasteiger partial charge is 0.0714 e. The lowest BCUT2D eigenvalue weighted by Gasteiger charge is -2.34. The van der Waals surface area contributed by atoms with Crippen molar-refractivity contribution in [3.63, 3.8) is 0 Å². The van der Waals surface area contributed by atoms with E-state index < -0.39 is 5.41 Å². The molecule has 0 unspecified atom stereocenters. The molecule has 266 valence electrons. The molecule has 0 heterocycles. The Morgan fingerprint density at radius 1 is 0.500 bits per heavy atom. The van der Waals surface area contributed by atoms with E-state index in [1.54, 1.807) is 0 Å². The molecule has 7 rings (SSSR count). The Morgan fingerprint density at radius 2 is 1.00 bits per heavy atom. The number of rotatable bonds is 10. The summed E-state index contributed by atoms with van der Waals surface area (Å²) in [6, 6.07) is 49.3. The molecule has 0 N–H and O–H groups in total. The summed E-state index contributed by atoms with van der Waals surface area (Å²) in [6.07, 6.45) is 14.5. The fourth-order valence-electron chi connectivity index (χ4n) is 8.17.